The molecule has 14 nitrogen and oxygen atoms in total. The van der Waals surface area contributed by atoms with E-state index in [0.717, 1.165) is 111 Å². The average Bonchev–Trinajstić information content (AvgIpc) is 1.48. The summed E-state index contributed by atoms with van der Waals surface area (Å²) in [7, 11) is -1.66. The zero-order valence-electron chi connectivity index (χ0n) is 61.4. The largest absolute Gasteiger partial charge is 0.508 e. The molecule has 0 fully saturated rings. The Kier molecular flexibility index (Phi) is 19.1. The Balaban J connectivity index is 0.000000149. The summed E-state index contributed by atoms with van der Waals surface area (Å²) < 4.78 is 12.7. The van der Waals surface area contributed by atoms with Crippen LogP contribution in [-0.2, 0) is 21.7 Å². The second-order valence-corrected chi connectivity index (χ2v) is 31.0. The van der Waals surface area contributed by atoms with Gasteiger partial charge in [-0.1, -0.05) is 235 Å². The molecule has 0 aliphatic carbocycles. The number of nitrogens with zero attached hydrogens (tertiary/aromatic N) is 8. The van der Waals surface area contributed by atoms with Gasteiger partial charge in [-0.2, -0.15) is 0 Å². The molecule has 0 radical (unpaired) electrons. The van der Waals surface area contributed by atoms with E-state index in [9.17, 15) is 20.3 Å². The number of anilines is 6. The lowest BCUT2D eigenvalue weighted by Gasteiger charge is -2.27. The third-order valence-electron chi connectivity index (χ3n) is 19.1. The minimum absolute atomic E-state index is 0.0227. The van der Waals surface area contributed by atoms with E-state index in [2.05, 4.69) is 197 Å². The van der Waals surface area contributed by atoms with Crippen LogP contribution in [0.1, 0.15) is 105 Å². The number of para-hydroxylation sites is 2. The molecular weight excluding hydrogens is 1340 g/mol. The Morgan fingerprint density at radius 1 is 0.387 bits per heavy atom. The number of aromatic nitrogens is 6. The van der Waals surface area contributed by atoms with Crippen molar-refractivity contribution in [2.24, 2.45) is 0 Å². The molecule has 0 bridgehead atoms. The van der Waals surface area contributed by atoms with Gasteiger partial charge in [0.05, 0.1) is 16.9 Å². The first kappa shape index (κ1) is 71.3. The van der Waals surface area contributed by atoms with Gasteiger partial charge in [-0.25, -0.2) is 29.9 Å². The van der Waals surface area contributed by atoms with E-state index in [4.69, 9.17) is 40.4 Å². The van der Waals surface area contributed by atoms with Gasteiger partial charge in [0, 0.05) is 67.5 Å². The van der Waals surface area contributed by atoms with Crippen molar-refractivity contribution in [1.82, 2.24) is 29.9 Å². The van der Waals surface area contributed by atoms with Gasteiger partial charge in [-0.3, -0.25) is 9.80 Å². The van der Waals surface area contributed by atoms with Gasteiger partial charge in [0.1, 0.15) is 56.7 Å². The monoisotopic (exact) mass is 1420 g/mol. The van der Waals surface area contributed by atoms with Crippen molar-refractivity contribution in [3.8, 4) is 45.4 Å². The van der Waals surface area contributed by atoms with Crippen molar-refractivity contribution in [1.29, 1.82) is 0 Å². The topological polar surface area (TPSA) is 191 Å². The van der Waals surface area contributed by atoms with Crippen molar-refractivity contribution in [2.75, 3.05) is 9.80 Å². The fourth-order valence-electron chi connectivity index (χ4n) is 13.5. The molecule has 10 aromatic carbocycles. The molecule has 16 rings (SSSR count). The summed E-state index contributed by atoms with van der Waals surface area (Å²) in [6, 6.07) is 81.2. The van der Waals surface area contributed by atoms with Crippen LogP contribution in [0.25, 0.3) is 99.6 Å². The fourth-order valence-corrected chi connectivity index (χ4v) is 13.7. The molecular formula is C90H82BClN8O6. The molecule has 0 saturated carbocycles. The molecule has 6 aromatic heterocycles. The van der Waals surface area contributed by atoms with Gasteiger partial charge in [-0.05, 0) is 152 Å². The molecule has 0 amide bonds. The van der Waals surface area contributed by atoms with Crippen LogP contribution in [0.3, 0.4) is 0 Å². The molecule has 0 unspecified atom stereocenters. The predicted octanol–water partition coefficient (Wildman–Crippen LogP) is 22.4. The highest BCUT2D eigenvalue weighted by Crippen LogP contribution is 2.47. The number of hydrogen-bond acceptors (Lipinski definition) is 14. The van der Waals surface area contributed by atoms with Crippen LogP contribution in [0.15, 0.2) is 264 Å². The van der Waals surface area contributed by atoms with E-state index >= 15 is 0 Å². The van der Waals surface area contributed by atoms with Crippen molar-refractivity contribution in [3.05, 3.63) is 283 Å². The number of furan rings is 2. The first-order valence-corrected chi connectivity index (χ1v) is 35.8. The molecule has 0 saturated heterocycles. The molecule has 16 heteroatoms. The standard InChI is InChI=1S/C45H40N4O2.C31H19ClN4O.C14H23BO3/c1-44(2,3)30-26-34(41(50)35(27-30)45(4,5)6)43-47-39(42-40(48-43)33-20-9-10-22-37(33)51-42)29-17-13-18-31(25-29)49(38-23-11-12-24-46-38)36-21-14-16-28-15-7-8-19-32(28)36;32-31-34-28(30-29(35-31)24-14-3-4-16-26(24)37-30)21-11-7-12-22(19-21)36(27-17-5-6-18-33-27)25-15-8-10-20-9-1-2-13-23(20)25;1-13(2,3)9-7-10(14(4,5)6)12(16)11(8-9)15(17)18/h7-27,50H,1-6H3;1-19H;7-8,16-18H,1-6H3. The van der Waals surface area contributed by atoms with Gasteiger partial charge in [0.25, 0.3) is 0 Å². The third kappa shape index (κ3) is 14.2. The molecule has 528 valence electrons. The van der Waals surface area contributed by atoms with Crippen LogP contribution in [0, 0.1) is 0 Å². The van der Waals surface area contributed by atoms with E-state index in [1.54, 1.807) is 12.3 Å². The molecule has 0 spiro atoms. The van der Waals surface area contributed by atoms with Crippen LogP contribution in [0.5, 0.6) is 11.5 Å². The van der Waals surface area contributed by atoms with E-state index in [-0.39, 0.29) is 43.9 Å². The Hall–Kier alpha value is -11.7. The molecule has 4 N–H and O–H groups in total. The highest BCUT2D eigenvalue weighted by molar-refractivity contribution is 6.59. The Bertz CT molecular complexity index is 5950. The number of pyridine rings is 2. The number of halogens is 1. The maximum Gasteiger partial charge on any atom is 0.492 e. The molecule has 0 atom stereocenters. The third-order valence-corrected chi connectivity index (χ3v) is 19.2. The lowest BCUT2D eigenvalue weighted by molar-refractivity contribution is 0.414. The van der Waals surface area contributed by atoms with E-state index < -0.39 is 7.12 Å². The maximum atomic E-state index is 11.9. The highest BCUT2D eigenvalue weighted by atomic mass is 35.5. The Morgan fingerprint density at radius 3 is 1.26 bits per heavy atom. The van der Waals surface area contributed by atoms with Gasteiger partial charge in [-0.15, -0.1) is 0 Å². The summed E-state index contributed by atoms with van der Waals surface area (Å²) in [5.74, 6) is 2.22. The minimum Gasteiger partial charge on any atom is -0.508 e. The second-order valence-electron chi connectivity index (χ2n) is 30.7. The van der Waals surface area contributed by atoms with Gasteiger partial charge >= 0.3 is 7.12 Å². The van der Waals surface area contributed by atoms with Crippen LogP contribution >= 0.6 is 11.6 Å². The minimum atomic E-state index is -1.66. The van der Waals surface area contributed by atoms with Crippen LogP contribution in [-0.4, -0.2) is 57.3 Å². The summed E-state index contributed by atoms with van der Waals surface area (Å²) in [5, 5.41) is 47.3. The summed E-state index contributed by atoms with van der Waals surface area (Å²) in [6.07, 6.45) is 3.62. The fraction of sp³-hybridized carbons (Fsp3) is 0.178. The van der Waals surface area contributed by atoms with Crippen molar-refractivity contribution in [3.63, 3.8) is 0 Å². The van der Waals surface area contributed by atoms with Crippen LogP contribution in [0.4, 0.5) is 34.4 Å². The lowest BCUT2D eigenvalue weighted by atomic mass is 9.71. The second kappa shape index (κ2) is 28.4. The van der Waals surface area contributed by atoms with Crippen molar-refractivity contribution >= 4 is 124 Å². The number of phenolic OH excluding ortho intramolecular Hbond substituents is 2. The Morgan fingerprint density at radius 2 is 0.802 bits per heavy atom. The number of phenols is 2. The zero-order valence-corrected chi connectivity index (χ0v) is 62.1. The molecule has 6 heterocycles. The summed E-state index contributed by atoms with van der Waals surface area (Å²) >= 11 is 6.41. The number of fused-ring (bicyclic) bond motifs is 8. The predicted molar refractivity (Wildman–Crippen MR) is 434 cm³/mol. The van der Waals surface area contributed by atoms with Crippen molar-refractivity contribution < 1.29 is 29.1 Å². The summed E-state index contributed by atoms with van der Waals surface area (Å²) in [6.45, 7) is 25.0. The van der Waals surface area contributed by atoms with E-state index in [1.807, 2.05) is 148 Å². The molecule has 0 aliphatic rings. The van der Waals surface area contributed by atoms with Gasteiger partial charge in [0.2, 0.25) is 5.28 Å². The normalized spacial score (nSPS) is 12.0. The van der Waals surface area contributed by atoms with Crippen LogP contribution in [0.2, 0.25) is 5.28 Å². The summed E-state index contributed by atoms with van der Waals surface area (Å²) in [4.78, 5) is 33.3. The first-order chi connectivity index (χ1) is 50.7. The number of rotatable bonds is 10. The van der Waals surface area contributed by atoms with Gasteiger partial charge in [0.15, 0.2) is 17.0 Å². The maximum absolute atomic E-state index is 11.9. The lowest BCUT2D eigenvalue weighted by Crippen LogP contribution is -2.33. The average molecular weight is 1420 g/mol. The number of hydrogen-bond donors (Lipinski definition) is 4. The van der Waals surface area contributed by atoms with Crippen molar-refractivity contribution in [2.45, 2.75) is 105 Å². The molecule has 106 heavy (non-hydrogen) atoms. The SMILES string of the molecule is CC(C)(C)c1cc(-c2nc(-c3cccc(N(c4ccccn4)c4cccc5ccccc45)c3)c3oc4ccccc4c3n2)c(O)c(C(C)(C)C)c1.CC(C)(C)c1cc(B(O)O)c(O)c(C(C)(C)C)c1.Clc1nc(-c2cccc(N(c3ccccn3)c3cccc4ccccc34)c2)c2oc3ccccc3c2n1. The first-order valence-electron chi connectivity index (χ1n) is 35.4. The molecule has 16 aromatic rings. The number of aromatic hydroxyl groups is 2. The summed E-state index contributed by atoms with van der Waals surface area (Å²) in [5.41, 5.74) is 14.6. The van der Waals surface area contributed by atoms with E-state index in [1.165, 1.54) is 0 Å². The molecule has 0 aliphatic heterocycles. The van der Waals surface area contributed by atoms with E-state index in [0.29, 0.717) is 45.0 Å². The zero-order chi connectivity index (χ0) is 74.6. The van der Waals surface area contributed by atoms with Gasteiger partial charge < -0.3 is 29.1 Å². The smallest absolute Gasteiger partial charge is 0.492 e. The highest BCUT2D eigenvalue weighted by Gasteiger charge is 2.31. The Labute approximate surface area is 622 Å². The quantitative estimate of drug-likeness (QED) is 0.0747. The van der Waals surface area contributed by atoms with Crippen LogP contribution < -0.4 is 15.3 Å². The number of benzene rings is 10.